The van der Waals surface area contributed by atoms with Gasteiger partial charge < -0.3 is 15.4 Å². The van der Waals surface area contributed by atoms with Crippen molar-refractivity contribution in [3.8, 4) is 5.75 Å². The van der Waals surface area contributed by atoms with Gasteiger partial charge >= 0.3 is 0 Å². The summed E-state index contributed by atoms with van der Waals surface area (Å²) in [6, 6.07) is 4.15. The van der Waals surface area contributed by atoms with E-state index in [0.29, 0.717) is 13.0 Å². The second kappa shape index (κ2) is 7.50. The molecule has 0 radical (unpaired) electrons. The largest absolute Gasteiger partial charge is 0.480 e. The lowest BCUT2D eigenvalue weighted by Gasteiger charge is -2.11. The van der Waals surface area contributed by atoms with E-state index in [0.717, 1.165) is 24.3 Å². The van der Waals surface area contributed by atoms with Crippen molar-refractivity contribution in [2.24, 2.45) is 0 Å². The number of carbonyl (C=O) groups excluding carboxylic acids is 1. The van der Waals surface area contributed by atoms with Crippen LogP contribution in [0.25, 0.3) is 0 Å². The molecule has 2 rings (SSSR count). The summed E-state index contributed by atoms with van der Waals surface area (Å²) in [6.45, 7) is 5.74. The van der Waals surface area contributed by atoms with Gasteiger partial charge in [0, 0.05) is 13.0 Å². The van der Waals surface area contributed by atoms with Gasteiger partial charge in [-0.15, -0.1) is 12.4 Å². The topological polar surface area (TPSA) is 50.4 Å². The summed E-state index contributed by atoms with van der Waals surface area (Å²) in [5.41, 5.74) is 3.59. The molecule has 4 nitrogen and oxygen atoms in total. The predicted octanol–water partition coefficient (Wildman–Crippen LogP) is 1.75. The standard InChI is InChI=1S/C15H22N2O2.ClH/c1-10-7-12-9-14(19-13(12)8-11(10)2)15(18)17-6-4-5-16-3;/h7-8,14,16H,4-6,9H2,1-3H3,(H,17,18);1H. The zero-order valence-corrected chi connectivity index (χ0v) is 13.1. The molecule has 1 heterocycles. The number of halogens is 1. The van der Waals surface area contributed by atoms with Gasteiger partial charge in [0.25, 0.3) is 5.91 Å². The Labute approximate surface area is 126 Å². The molecular formula is C15H23ClN2O2. The Kier molecular flexibility index (Phi) is 6.30. The van der Waals surface area contributed by atoms with Crippen LogP contribution in [0.15, 0.2) is 12.1 Å². The van der Waals surface area contributed by atoms with Crippen LogP contribution < -0.4 is 15.4 Å². The van der Waals surface area contributed by atoms with Gasteiger partial charge in [-0.25, -0.2) is 0 Å². The summed E-state index contributed by atoms with van der Waals surface area (Å²) in [7, 11) is 1.91. The van der Waals surface area contributed by atoms with Crippen LogP contribution in [0.4, 0.5) is 0 Å². The SMILES string of the molecule is CNCCCNC(=O)C1Cc2cc(C)c(C)cc2O1.Cl. The van der Waals surface area contributed by atoms with Gasteiger partial charge in [-0.3, -0.25) is 4.79 Å². The quantitative estimate of drug-likeness (QED) is 0.815. The van der Waals surface area contributed by atoms with Gasteiger partial charge in [-0.05, 0) is 56.6 Å². The Morgan fingerprint density at radius 3 is 2.70 bits per heavy atom. The number of hydrogen-bond acceptors (Lipinski definition) is 3. The van der Waals surface area contributed by atoms with Crippen LogP contribution in [-0.4, -0.2) is 32.1 Å². The summed E-state index contributed by atoms with van der Waals surface area (Å²) in [6.07, 6.45) is 1.24. The van der Waals surface area contributed by atoms with Gasteiger partial charge in [-0.2, -0.15) is 0 Å². The molecule has 1 amide bonds. The minimum Gasteiger partial charge on any atom is -0.480 e. The molecule has 0 bridgehead atoms. The summed E-state index contributed by atoms with van der Waals surface area (Å²) >= 11 is 0. The first kappa shape index (κ1) is 16.8. The van der Waals surface area contributed by atoms with Crippen LogP contribution in [-0.2, 0) is 11.2 Å². The maximum Gasteiger partial charge on any atom is 0.261 e. The highest BCUT2D eigenvalue weighted by Gasteiger charge is 2.29. The Bertz CT molecular complexity index is 446. The number of rotatable bonds is 5. The van der Waals surface area contributed by atoms with Crippen molar-refractivity contribution in [1.29, 1.82) is 0 Å². The van der Waals surface area contributed by atoms with E-state index < -0.39 is 0 Å². The number of aryl methyl sites for hydroxylation is 2. The number of hydrogen-bond donors (Lipinski definition) is 2. The Hall–Kier alpha value is -1.26. The first-order chi connectivity index (χ1) is 9.11. The molecule has 0 spiro atoms. The highest BCUT2D eigenvalue weighted by Crippen LogP contribution is 2.31. The zero-order chi connectivity index (χ0) is 13.8. The third-order valence-corrected chi connectivity index (χ3v) is 3.55. The fourth-order valence-corrected chi connectivity index (χ4v) is 2.25. The van der Waals surface area contributed by atoms with Crippen molar-refractivity contribution in [2.75, 3.05) is 20.1 Å². The molecule has 0 fully saturated rings. The molecule has 0 saturated carbocycles. The highest BCUT2D eigenvalue weighted by molar-refractivity contribution is 5.85. The summed E-state index contributed by atoms with van der Waals surface area (Å²) < 4.78 is 5.73. The fourth-order valence-electron chi connectivity index (χ4n) is 2.25. The van der Waals surface area contributed by atoms with Gasteiger partial charge in [0.05, 0.1) is 0 Å². The van der Waals surface area contributed by atoms with Crippen molar-refractivity contribution < 1.29 is 9.53 Å². The van der Waals surface area contributed by atoms with Crippen LogP contribution in [0.1, 0.15) is 23.1 Å². The summed E-state index contributed by atoms with van der Waals surface area (Å²) in [4.78, 5) is 12.0. The minimum atomic E-state index is -0.370. The molecule has 5 heteroatoms. The Balaban J connectivity index is 0.00000200. The molecule has 0 saturated heterocycles. The zero-order valence-electron chi connectivity index (χ0n) is 12.3. The van der Waals surface area contributed by atoms with Crippen LogP contribution in [0, 0.1) is 13.8 Å². The average Bonchev–Trinajstić information content (AvgIpc) is 2.78. The lowest BCUT2D eigenvalue weighted by molar-refractivity contribution is -0.127. The van der Waals surface area contributed by atoms with Crippen molar-refractivity contribution in [2.45, 2.75) is 32.8 Å². The van der Waals surface area contributed by atoms with Gasteiger partial charge in [-0.1, -0.05) is 6.07 Å². The van der Waals surface area contributed by atoms with E-state index in [4.69, 9.17) is 4.74 Å². The van der Waals surface area contributed by atoms with E-state index in [1.54, 1.807) is 0 Å². The molecule has 1 atom stereocenters. The molecule has 1 aromatic rings. The van der Waals surface area contributed by atoms with Crippen molar-refractivity contribution >= 4 is 18.3 Å². The van der Waals surface area contributed by atoms with Crippen molar-refractivity contribution in [3.63, 3.8) is 0 Å². The lowest BCUT2D eigenvalue weighted by atomic mass is 10.0. The Morgan fingerprint density at radius 1 is 1.30 bits per heavy atom. The molecule has 20 heavy (non-hydrogen) atoms. The number of benzene rings is 1. The van der Waals surface area contributed by atoms with E-state index in [1.807, 2.05) is 13.1 Å². The van der Waals surface area contributed by atoms with Crippen LogP contribution in [0.2, 0.25) is 0 Å². The third-order valence-electron chi connectivity index (χ3n) is 3.55. The predicted molar refractivity (Wildman–Crippen MR) is 82.8 cm³/mol. The van der Waals surface area contributed by atoms with E-state index in [-0.39, 0.29) is 24.4 Å². The second-order valence-corrected chi connectivity index (χ2v) is 5.10. The maximum atomic E-state index is 12.0. The van der Waals surface area contributed by atoms with E-state index in [9.17, 15) is 4.79 Å². The van der Waals surface area contributed by atoms with Crippen molar-refractivity contribution in [1.82, 2.24) is 10.6 Å². The summed E-state index contributed by atoms with van der Waals surface area (Å²) in [5.74, 6) is 0.848. The fraction of sp³-hybridized carbons (Fsp3) is 0.533. The van der Waals surface area contributed by atoms with E-state index in [1.165, 1.54) is 11.1 Å². The molecule has 0 aromatic heterocycles. The molecular weight excluding hydrogens is 276 g/mol. The second-order valence-electron chi connectivity index (χ2n) is 5.10. The number of fused-ring (bicyclic) bond motifs is 1. The highest BCUT2D eigenvalue weighted by atomic mass is 35.5. The number of amides is 1. The molecule has 1 aromatic carbocycles. The minimum absolute atomic E-state index is 0. The molecule has 1 aliphatic heterocycles. The number of nitrogens with one attached hydrogen (secondary N) is 2. The molecule has 1 unspecified atom stereocenters. The van der Waals surface area contributed by atoms with Gasteiger partial charge in [0.2, 0.25) is 0 Å². The van der Waals surface area contributed by atoms with Gasteiger partial charge in [0.1, 0.15) is 5.75 Å². The average molecular weight is 299 g/mol. The van der Waals surface area contributed by atoms with Crippen LogP contribution in [0.3, 0.4) is 0 Å². The maximum absolute atomic E-state index is 12.0. The first-order valence-electron chi connectivity index (χ1n) is 6.81. The van der Waals surface area contributed by atoms with E-state index >= 15 is 0 Å². The molecule has 0 aliphatic carbocycles. The third kappa shape index (κ3) is 3.87. The number of carbonyl (C=O) groups is 1. The summed E-state index contributed by atoms with van der Waals surface area (Å²) in [5, 5.41) is 5.97. The smallest absolute Gasteiger partial charge is 0.261 e. The first-order valence-corrected chi connectivity index (χ1v) is 6.81. The normalized spacial score (nSPS) is 16.1. The molecule has 1 aliphatic rings. The Morgan fingerprint density at radius 2 is 2.00 bits per heavy atom. The van der Waals surface area contributed by atoms with Crippen molar-refractivity contribution in [3.05, 3.63) is 28.8 Å². The monoisotopic (exact) mass is 298 g/mol. The molecule has 2 N–H and O–H groups in total. The van der Waals surface area contributed by atoms with E-state index in [2.05, 4.69) is 30.5 Å². The van der Waals surface area contributed by atoms with Crippen LogP contribution in [0.5, 0.6) is 5.75 Å². The van der Waals surface area contributed by atoms with Gasteiger partial charge in [0.15, 0.2) is 6.10 Å². The molecule has 112 valence electrons. The lowest BCUT2D eigenvalue weighted by Crippen LogP contribution is -2.38. The number of ether oxygens (including phenoxy) is 1. The van der Waals surface area contributed by atoms with Crippen LogP contribution >= 0.6 is 12.4 Å².